The van der Waals surface area contributed by atoms with Crippen molar-refractivity contribution in [2.75, 3.05) is 0 Å². The first-order valence-corrected chi connectivity index (χ1v) is 11.7. The Bertz CT molecular complexity index is 1770. The van der Waals surface area contributed by atoms with Gasteiger partial charge in [-0.3, -0.25) is 0 Å². The summed E-state index contributed by atoms with van der Waals surface area (Å²) in [5.41, 5.74) is 9.54. The monoisotopic (exact) mass is 451 g/mol. The standard InChI is InChI=1S/C32H23N2O/c1-21-14-16-26-27-17-15-25(20-33)30(24-12-8-11-23(19-24)22-9-4-3-5-10-22)32(27)35-31(26)29(21)28-13-6-7-18-34(28)2/h3-19H,1-2H3/q+1. The van der Waals surface area contributed by atoms with Crippen LogP contribution in [0.4, 0.5) is 0 Å². The number of aromatic nitrogens is 1. The van der Waals surface area contributed by atoms with Crippen LogP contribution < -0.4 is 4.57 Å². The summed E-state index contributed by atoms with van der Waals surface area (Å²) in [7, 11) is 2.05. The number of benzene rings is 4. The fourth-order valence-corrected chi connectivity index (χ4v) is 4.97. The van der Waals surface area contributed by atoms with Crippen molar-refractivity contribution in [2.24, 2.45) is 7.05 Å². The van der Waals surface area contributed by atoms with Gasteiger partial charge in [0.05, 0.1) is 17.2 Å². The minimum Gasteiger partial charge on any atom is -0.454 e. The van der Waals surface area contributed by atoms with E-state index in [9.17, 15) is 5.26 Å². The van der Waals surface area contributed by atoms with Crippen molar-refractivity contribution in [3.05, 3.63) is 114 Å². The number of fused-ring (bicyclic) bond motifs is 3. The highest BCUT2D eigenvalue weighted by Gasteiger charge is 2.22. The molecule has 4 aromatic carbocycles. The Morgan fingerprint density at radius 1 is 0.686 bits per heavy atom. The van der Waals surface area contributed by atoms with Crippen molar-refractivity contribution >= 4 is 21.9 Å². The average Bonchev–Trinajstić information content (AvgIpc) is 3.28. The molecule has 0 bridgehead atoms. The van der Waals surface area contributed by atoms with Crippen molar-refractivity contribution in [3.63, 3.8) is 0 Å². The molecule has 2 heterocycles. The summed E-state index contributed by atoms with van der Waals surface area (Å²) in [4.78, 5) is 0. The average molecular weight is 452 g/mol. The normalized spacial score (nSPS) is 11.1. The molecule has 166 valence electrons. The van der Waals surface area contributed by atoms with Crippen LogP contribution in [0, 0.1) is 18.3 Å². The van der Waals surface area contributed by atoms with Gasteiger partial charge in [-0.25, -0.2) is 4.57 Å². The van der Waals surface area contributed by atoms with E-state index < -0.39 is 0 Å². The molecule has 35 heavy (non-hydrogen) atoms. The first-order valence-electron chi connectivity index (χ1n) is 11.7. The maximum absolute atomic E-state index is 10.0. The number of nitriles is 1. The Hall–Kier alpha value is -4.68. The van der Waals surface area contributed by atoms with E-state index in [0.717, 1.165) is 61.0 Å². The zero-order chi connectivity index (χ0) is 23.9. The molecule has 2 aromatic heterocycles. The molecule has 0 fully saturated rings. The second-order valence-corrected chi connectivity index (χ2v) is 8.86. The third kappa shape index (κ3) is 3.39. The molecule has 0 aliphatic heterocycles. The van der Waals surface area contributed by atoms with Gasteiger partial charge in [0.25, 0.3) is 0 Å². The Balaban J connectivity index is 1.67. The number of nitrogens with zero attached hydrogens (tertiary/aromatic N) is 2. The highest BCUT2D eigenvalue weighted by molar-refractivity contribution is 6.14. The van der Waals surface area contributed by atoms with Crippen molar-refractivity contribution in [1.29, 1.82) is 5.26 Å². The van der Waals surface area contributed by atoms with Crippen molar-refractivity contribution < 1.29 is 8.98 Å². The fraction of sp³-hybridized carbons (Fsp3) is 0.0625. The maximum Gasteiger partial charge on any atom is 0.216 e. The largest absolute Gasteiger partial charge is 0.454 e. The van der Waals surface area contributed by atoms with Crippen LogP contribution in [-0.2, 0) is 7.05 Å². The number of hydrogen-bond donors (Lipinski definition) is 0. The molecule has 0 atom stereocenters. The van der Waals surface area contributed by atoms with Crippen LogP contribution in [0.2, 0.25) is 0 Å². The molecule has 0 saturated heterocycles. The van der Waals surface area contributed by atoms with E-state index in [2.05, 4.69) is 66.1 Å². The Morgan fingerprint density at radius 3 is 2.14 bits per heavy atom. The first-order chi connectivity index (χ1) is 17.2. The molecular formula is C32H23N2O+. The Labute approximate surface area is 204 Å². The third-order valence-electron chi connectivity index (χ3n) is 6.71. The fourth-order valence-electron chi connectivity index (χ4n) is 4.97. The van der Waals surface area contributed by atoms with E-state index in [1.807, 2.05) is 61.8 Å². The molecule has 6 rings (SSSR count). The minimum atomic E-state index is 0.602. The van der Waals surface area contributed by atoms with E-state index in [0.29, 0.717) is 5.56 Å². The number of pyridine rings is 1. The summed E-state index contributed by atoms with van der Waals surface area (Å²) in [6.45, 7) is 2.11. The minimum absolute atomic E-state index is 0.602. The van der Waals surface area contributed by atoms with E-state index in [1.54, 1.807) is 0 Å². The molecule has 3 heteroatoms. The van der Waals surface area contributed by atoms with Crippen molar-refractivity contribution in [1.82, 2.24) is 0 Å². The Kier molecular flexibility index (Phi) is 4.94. The van der Waals surface area contributed by atoms with Crippen LogP contribution in [0.15, 0.2) is 108 Å². The highest BCUT2D eigenvalue weighted by Crippen LogP contribution is 2.42. The van der Waals surface area contributed by atoms with Crippen LogP contribution in [0.25, 0.3) is 55.4 Å². The van der Waals surface area contributed by atoms with Crippen LogP contribution >= 0.6 is 0 Å². The second-order valence-electron chi connectivity index (χ2n) is 8.86. The molecule has 0 amide bonds. The molecular weight excluding hydrogens is 428 g/mol. The number of hydrogen-bond acceptors (Lipinski definition) is 2. The molecule has 0 spiro atoms. The van der Waals surface area contributed by atoms with E-state index in [-0.39, 0.29) is 0 Å². The summed E-state index contributed by atoms with van der Waals surface area (Å²) in [5.74, 6) is 0. The topological polar surface area (TPSA) is 40.8 Å². The van der Waals surface area contributed by atoms with Gasteiger partial charge in [0.2, 0.25) is 5.69 Å². The van der Waals surface area contributed by atoms with Gasteiger partial charge in [0.1, 0.15) is 18.2 Å². The van der Waals surface area contributed by atoms with Gasteiger partial charge < -0.3 is 4.42 Å². The van der Waals surface area contributed by atoms with Crippen molar-refractivity contribution in [2.45, 2.75) is 6.92 Å². The number of aryl methyl sites for hydroxylation is 2. The van der Waals surface area contributed by atoms with Gasteiger partial charge in [-0.2, -0.15) is 5.26 Å². The van der Waals surface area contributed by atoms with Crippen molar-refractivity contribution in [3.8, 4) is 39.6 Å². The highest BCUT2D eigenvalue weighted by atomic mass is 16.3. The van der Waals surface area contributed by atoms with E-state index in [4.69, 9.17) is 4.42 Å². The van der Waals surface area contributed by atoms with Crippen LogP contribution in [0.1, 0.15) is 11.1 Å². The van der Waals surface area contributed by atoms with Gasteiger partial charge in [-0.05, 0) is 53.4 Å². The maximum atomic E-state index is 10.0. The lowest BCUT2D eigenvalue weighted by atomic mass is 9.94. The predicted octanol–water partition coefficient (Wildman–Crippen LogP) is 7.59. The Morgan fingerprint density at radius 2 is 1.37 bits per heavy atom. The van der Waals surface area contributed by atoms with E-state index in [1.165, 1.54) is 0 Å². The summed E-state index contributed by atoms with van der Waals surface area (Å²) >= 11 is 0. The quantitative estimate of drug-likeness (QED) is 0.260. The lowest BCUT2D eigenvalue weighted by molar-refractivity contribution is -0.660. The van der Waals surface area contributed by atoms with Crippen LogP contribution in [0.3, 0.4) is 0 Å². The molecule has 0 saturated carbocycles. The summed E-state index contributed by atoms with van der Waals surface area (Å²) in [6.07, 6.45) is 2.05. The summed E-state index contributed by atoms with van der Waals surface area (Å²) < 4.78 is 8.79. The van der Waals surface area contributed by atoms with Gasteiger partial charge in [-0.1, -0.05) is 60.7 Å². The molecule has 0 radical (unpaired) electrons. The SMILES string of the molecule is Cc1ccc2c(oc3c(-c4cccc(-c5ccccc5)c4)c(C#N)ccc32)c1-c1cccc[n+]1C. The van der Waals surface area contributed by atoms with E-state index >= 15 is 0 Å². The van der Waals surface area contributed by atoms with Gasteiger partial charge in [0.15, 0.2) is 6.20 Å². The zero-order valence-electron chi connectivity index (χ0n) is 19.6. The van der Waals surface area contributed by atoms with Crippen LogP contribution in [0.5, 0.6) is 0 Å². The van der Waals surface area contributed by atoms with Crippen LogP contribution in [-0.4, -0.2) is 0 Å². The smallest absolute Gasteiger partial charge is 0.216 e. The van der Waals surface area contributed by atoms with Gasteiger partial charge in [-0.15, -0.1) is 0 Å². The van der Waals surface area contributed by atoms with Gasteiger partial charge >= 0.3 is 0 Å². The lowest BCUT2D eigenvalue weighted by Crippen LogP contribution is -2.30. The second kappa shape index (κ2) is 8.27. The predicted molar refractivity (Wildman–Crippen MR) is 141 cm³/mol. The zero-order valence-corrected chi connectivity index (χ0v) is 19.6. The molecule has 3 nitrogen and oxygen atoms in total. The number of furan rings is 1. The number of rotatable bonds is 3. The molecule has 6 aromatic rings. The lowest BCUT2D eigenvalue weighted by Gasteiger charge is -2.08. The summed E-state index contributed by atoms with van der Waals surface area (Å²) in [5, 5.41) is 12.1. The molecule has 0 unspecified atom stereocenters. The van der Waals surface area contributed by atoms with Gasteiger partial charge in [0, 0.05) is 28.5 Å². The molecule has 0 aliphatic carbocycles. The molecule has 0 aliphatic rings. The summed E-state index contributed by atoms with van der Waals surface area (Å²) in [6, 6.07) is 35.4. The molecule has 0 N–H and O–H groups in total. The third-order valence-corrected chi connectivity index (χ3v) is 6.71. The first kappa shape index (κ1) is 20.9.